The maximum atomic E-state index is 8.63. The third-order valence-electron chi connectivity index (χ3n) is 5.48. The van der Waals surface area contributed by atoms with Crippen LogP contribution in [0.5, 0.6) is 0 Å². The van der Waals surface area contributed by atoms with Gasteiger partial charge < -0.3 is 17.0 Å². The second-order valence-corrected chi connectivity index (χ2v) is 8.48. The number of halogens is 1. The van der Waals surface area contributed by atoms with Crippen molar-refractivity contribution in [2.75, 3.05) is 39.3 Å². The molecule has 8 nitrogen and oxygen atoms in total. The topological polar surface area (TPSA) is 111 Å². The minimum Gasteiger partial charge on any atom is -1.00 e. The van der Waals surface area contributed by atoms with E-state index < -0.39 is 10.4 Å². The van der Waals surface area contributed by atoms with Crippen LogP contribution in [0, 0.1) is 0 Å². The summed E-state index contributed by atoms with van der Waals surface area (Å²) in [7, 11) is -4.92. The normalized spacial score (nSPS) is 27.2. The second kappa shape index (κ2) is 13.6. The zero-order valence-electron chi connectivity index (χ0n) is 16.7. The molecule has 0 saturated carbocycles. The summed E-state index contributed by atoms with van der Waals surface area (Å²) in [6, 6.07) is 0. The fraction of sp³-hybridized carbons (Fsp3) is 0.889. The van der Waals surface area contributed by atoms with E-state index in [9.17, 15) is 0 Å². The number of rotatable bonds is 0. The van der Waals surface area contributed by atoms with E-state index in [4.69, 9.17) is 17.5 Å². The van der Waals surface area contributed by atoms with Crippen LogP contribution in [0.25, 0.3) is 0 Å². The van der Waals surface area contributed by atoms with Crippen LogP contribution in [-0.4, -0.2) is 68.5 Å². The predicted octanol–water partition coefficient (Wildman–Crippen LogP) is -3.50. The van der Waals surface area contributed by atoms with Gasteiger partial charge in [0, 0.05) is 38.8 Å². The number of hydrogen-bond donors (Lipinski definition) is 3. The highest BCUT2D eigenvalue weighted by molar-refractivity contribution is 7.79. The van der Waals surface area contributed by atoms with Crippen molar-refractivity contribution in [3.8, 4) is 0 Å². The Kier molecular flexibility index (Phi) is 12.4. The SMILES string of the molecule is C1CCC2=NCCC[NH+]2CC1.C1CCC2=NCCC[NH+]2CC1.O=S(=O)([O-])O.[Cl-]. The molecule has 0 aromatic rings. The van der Waals surface area contributed by atoms with Crippen molar-refractivity contribution < 1.29 is 39.7 Å². The van der Waals surface area contributed by atoms with Crippen LogP contribution in [0.3, 0.4) is 0 Å². The smallest absolute Gasteiger partial charge is 0.215 e. The second-order valence-electron chi connectivity index (χ2n) is 7.62. The summed E-state index contributed by atoms with van der Waals surface area (Å²) in [4.78, 5) is 12.6. The summed E-state index contributed by atoms with van der Waals surface area (Å²) in [5.74, 6) is 2.96. The van der Waals surface area contributed by atoms with Gasteiger partial charge in [0.25, 0.3) is 0 Å². The van der Waals surface area contributed by atoms with Crippen molar-refractivity contribution in [2.45, 2.75) is 64.2 Å². The van der Waals surface area contributed by atoms with Gasteiger partial charge in [-0.3, -0.25) is 14.4 Å². The van der Waals surface area contributed by atoms with Crippen LogP contribution in [0.1, 0.15) is 64.2 Å². The molecule has 164 valence electrons. The van der Waals surface area contributed by atoms with Crippen LogP contribution in [-0.2, 0) is 10.4 Å². The highest BCUT2D eigenvalue weighted by Crippen LogP contribution is 2.04. The molecular formula is C18H35ClN4O4S. The zero-order valence-corrected chi connectivity index (χ0v) is 18.2. The molecule has 2 saturated heterocycles. The van der Waals surface area contributed by atoms with Gasteiger partial charge in [0.1, 0.15) is 0 Å². The largest absolute Gasteiger partial charge is 1.00 e. The van der Waals surface area contributed by atoms with Crippen molar-refractivity contribution in [1.29, 1.82) is 0 Å². The summed E-state index contributed by atoms with van der Waals surface area (Å²) >= 11 is 0. The lowest BCUT2D eigenvalue weighted by molar-refractivity contribution is -0.809. The Morgan fingerprint density at radius 3 is 1.46 bits per heavy atom. The van der Waals surface area contributed by atoms with Crippen molar-refractivity contribution in [1.82, 2.24) is 0 Å². The van der Waals surface area contributed by atoms with Crippen molar-refractivity contribution in [3.05, 3.63) is 0 Å². The minimum atomic E-state index is -4.92. The summed E-state index contributed by atoms with van der Waals surface area (Å²) in [6.45, 7) is 7.58. The van der Waals surface area contributed by atoms with Crippen LogP contribution in [0.2, 0.25) is 0 Å². The van der Waals surface area contributed by atoms with Crippen LogP contribution >= 0.6 is 0 Å². The van der Waals surface area contributed by atoms with Crippen molar-refractivity contribution in [2.24, 2.45) is 9.98 Å². The van der Waals surface area contributed by atoms with E-state index in [0.717, 1.165) is 13.1 Å². The zero-order chi connectivity index (χ0) is 19.5. The van der Waals surface area contributed by atoms with E-state index in [0.29, 0.717) is 0 Å². The molecule has 4 heterocycles. The Labute approximate surface area is 175 Å². The maximum absolute atomic E-state index is 8.63. The predicted molar refractivity (Wildman–Crippen MR) is 104 cm³/mol. The first-order valence-electron chi connectivity index (χ1n) is 10.4. The van der Waals surface area contributed by atoms with Gasteiger partial charge in [-0.15, -0.1) is 0 Å². The molecule has 2 unspecified atom stereocenters. The molecule has 0 aromatic heterocycles. The van der Waals surface area contributed by atoms with Gasteiger partial charge in [0.15, 0.2) is 11.7 Å². The van der Waals surface area contributed by atoms with E-state index in [1.165, 1.54) is 102 Å². The highest BCUT2D eigenvalue weighted by atomic mass is 35.5. The number of amidine groups is 2. The number of fused-ring (bicyclic) bond motifs is 2. The van der Waals surface area contributed by atoms with Gasteiger partial charge in [-0.1, -0.05) is 0 Å². The fourth-order valence-corrected chi connectivity index (χ4v) is 4.19. The molecule has 2 fully saturated rings. The molecule has 4 aliphatic heterocycles. The number of nitrogens with zero attached hydrogens (tertiary/aromatic N) is 2. The van der Waals surface area contributed by atoms with Crippen molar-refractivity contribution >= 4 is 22.1 Å². The van der Waals surface area contributed by atoms with Crippen LogP contribution in [0.4, 0.5) is 0 Å². The first-order chi connectivity index (χ1) is 12.9. The molecule has 0 aromatic carbocycles. The standard InChI is InChI=1S/2C9H16N2.ClH.H2O4S/c2*1-2-5-9-10-6-4-8-11(9)7-3-1;;1-5(2,3)4/h2*1-8H2;1H;(H2,1,2,3,4). The average Bonchev–Trinajstić information content (AvgIpc) is 3.01. The van der Waals surface area contributed by atoms with Gasteiger partial charge in [-0.05, 0) is 38.5 Å². The molecule has 3 N–H and O–H groups in total. The fourth-order valence-electron chi connectivity index (χ4n) is 4.19. The van der Waals surface area contributed by atoms with Gasteiger partial charge in [0.2, 0.25) is 10.4 Å². The van der Waals surface area contributed by atoms with E-state index in [-0.39, 0.29) is 12.4 Å². The molecule has 0 aliphatic carbocycles. The third kappa shape index (κ3) is 10.8. The van der Waals surface area contributed by atoms with E-state index in [1.807, 2.05) is 0 Å². The Morgan fingerprint density at radius 2 is 1.07 bits per heavy atom. The van der Waals surface area contributed by atoms with E-state index in [1.54, 1.807) is 9.80 Å². The first-order valence-corrected chi connectivity index (χ1v) is 11.7. The average molecular weight is 439 g/mol. The van der Waals surface area contributed by atoms with Gasteiger partial charge in [-0.25, -0.2) is 18.4 Å². The molecule has 10 heteroatoms. The Morgan fingerprint density at radius 1 is 0.714 bits per heavy atom. The van der Waals surface area contributed by atoms with Gasteiger partial charge in [-0.2, -0.15) is 0 Å². The van der Waals surface area contributed by atoms with E-state index >= 15 is 0 Å². The van der Waals surface area contributed by atoms with Gasteiger partial charge >= 0.3 is 0 Å². The number of nitrogens with one attached hydrogen (secondary N) is 2. The Bertz CT molecular complexity index is 567. The first kappa shape index (κ1) is 25.5. The maximum Gasteiger partial charge on any atom is 0.215 e. The lowest BCUT2D eigenvalue weighted by atomic mass is 10.2. The summed E-state index contributed by atoms with van der Waals surface area (Å²) in [5.41, 5.74) is 0. The van der Waals surface area contributed by atoms with Crippen LogP contribution in [0.15, 0.2) is 9.98 Å². The molecule has 28 heavy (non-hydrogen) atoms. The lowest BCUT2D eigenvalue weighted by Gasteiger charge is -2.21. The number of aliphatic imine (C=N–C) groups is 2. The molecule has 0 amide bonds. The lowest BCUT2D eigenvalue weighted by Crippen LogP contribution is -3.15. The number of hydrogen-bond acceptors (Lipinski definition) is 5. The van der Waals surface area contributed by atoms with Crippen molar-refractivity contribution in [3.63, 3.8) is 0 Å². The summed E-state index contributed by atoms with van der Waals surface area (Å²) in [6.07, 6.45) is 13.6. The molecule has 0 bridgehead atoms. The summed E-state index contributed by atoms with van der Waals surface area (Å²) in [5, 5.41) is 0. The van der Waals surface area contributed by atoms with Crippen LogP contribution < -0.4 is 22.2 Å². The molecular weight excluding hydrogens is 404 g/mol. The van der Waals surface area contributed by atoms with E-state index in [2.05, 4.69) is 9.98 Å². The highest BCUT2D eigenvalue weighted by Gasteiger charge is 2.22. The molecule has 0 radical (unpaired) electrons. The minimum absolute atomic E-state index is 0. The Balaban J connectivity index is 0.000000222. The Hall–Kier alpha value is -0.580. The molecule has 0 spiro atoms. The number of quaternary nitrogens is 2. The molecule has 4 aliphatic rings. The van der Waals surface area contributed by atoms with Gasteiger partial charge in [0.05, 0.1) is 26.2 Å². The third-order valence-corrected chi connectivity index (χ3v) is 5.48. The molecule has 4 rings (SSSR count). The monoisotopic (exact) mass is 438 g/mol. The molecule has 2 atom stereocenters. The quantitative estimate of drug-likeness (QED) is 0.269. The summed E-state index contributed by atoms with van der Waals surface area (Å²) < 4.78 is 32.8.